The van der Waals surface area contributed by atoms with Crippen LogP contribution in [-0.2, 0) is 21.7 Å². The minimum Gasteiger partial charge on any atom is -0.372 e. The van der Waals surface area contributed by atoms with Gasteiger partial charge in [0.05, 0.1) is 9.74 Å². The SMILES string of the molecule is CC(C)(C)C(c1ccccc1)(c1ccccc1)c1ccccc1.CC(C)(C)Cc1ccccc1.CC(C)(C)S(C)(=O)=O.CN(C)C(=S)C(C)(C)C. The average molecular weight is 730 g/mol. The van der Waals surface area contributed by atoms with Crippen molar-refractivity contribution in [2.24, 2.45) is 16.2 Å². The molecule has 0 radical (unpaired) electrons. The Morgan fingerprint density at radius 3 is 1.00 bits per heavy atom. The number of hydrogen-bond donors (Lipinski definition) is 0. The molecule has 0 aliphatic rings. The van der Waals surface area contributed by atoms with Crippen molar-refractivity contribution in [3.05, 3.63) is 144 Å². The van der Waals surface area contributed by atoms with Gasteiger partial charge in [-0.1, -0.05) is 196 Å². The third kappa shape index (κ3) is 14.7. The molecule has 0 bridgehead atoms. The summed E-state index contributed by atoms with van der Waals surface area (Å²) >= 11 is 5.14. The lowest BCUT2D eigenvalue weighted by atomic mass is 9.56. The van der Waals surface area contributed by atoms with E-state index in [1.165, 1.54) is 28.5 Å². The molecule has 280 valence electrons. The van der Waals surface area contributed by atoms with Crippen LogP contribution >= 0.6 is 12.2 Å². The first-order valence-corrected chi connectivity index (χ1v) is 20.2. The van der Waals surface area contributed by atoms with Crippen LogP contribution in [-0.4, -0.2) is 43.4 Å². The van der Waals surface area contributed by atoms with Gasteiger partial charge in [-0.25, -0.2) is 8.42 Å². The standard InChI is InChI=1S/C23H24.C11H16.C7H15NS.C5H12O2S/c1-22(2,3)23(19-13-7-4-8-14-19,20-15-9-5-10-16-20)21-17-11-6-12-18-21;1-11(2,3)9-10-7-5-4-6-8-10;1-7(2,3)6(9)8(4)5;1-5(2,3)8(4,6)7/h4-18H,1-3H3;4-8H,9H2,1-3H3;1-5H3;1-4H3. The Morgan fingerprint density at radius 2 is 0.824 bits per heavy atom. The zero-order valence-corrected chi connectivity index (χ0v) is 36.0. The van der Waals surface area contributed by atoms with Crippen LogP contribution in [0.4, 0.5) is 0 Å². The molecular formula is C46H67NO2S2. The van der Waals surface area contributed by atoms with E-state index < -0.39 is 14.6 Å². The highest BCUT2D eigenvalue weighted by Gasteiger charge is 2.46. The summed E-state index contributed by atoms with van der Waals surface area (Å²) in [5.74, 6) is 0. The monoisotopic (exact) mass is 729 g/mol. The van der Waals surface area contributed by atoms with Crippen LogP contribution in [0, 0.1) is 16.2 Å². The third-order valence-electron chi connectivity index (χ3n) is 8.48. The van der Waals surface area contributed by atoms with Gasteiger partial charge in [0.15, 0.2) is 9.84 Å². The Kier molecular flexibility index (Phi) is 17.0. The van der Waals surface area contributed by atoms with Crippen molar-refractivity contribution < 1.29 is 8.42 Å². The van der Waals surface area contributed by atoms with Gasteiger partial charge in [0.1, 0.15) is 0 Å². The minimum atomic E-state index is -2.84. The largest absolute Gasteiger partial charge is 0.372 e. The summed E-state index contributed by atoms with van der Waals surface area (Å²) in [6.45, 7) is 25.2. The number of benzene rings is 4. The summed E-state index contributed by atoms with van der Waals surface area (Å²) in [4.78, 5) is 2.98. The Hall–Kier alpha value is -3.28. The van der Waals surface area contributed by atoms with E-state index in [9.17, 15) is 8.42 Å². The van der Waals surface area contributed by atoms with Crippen LogP contribution in [0.2, 0.25) is 0 Å². The fourth-order valence-electron chi connectivity index (χ4n) is 5.74. The first-order chi connectivity index (χ1) is 23.2. The molecule has 0 aliphatic carbocycles. The van der Waals surface area contributed by atoms with E-state index in [4.69, 9.17) is 12.2 Å². The van der Waals surface area contributed by atoms with Gasteiger partial charge >= 0.3 is 0 Å². The number of thiocarbonyl (C=S) groups is 1. The number of sulfone groups is 1. The molecule has 4 rings (SSSR count). The summed E-state index contributed by atoms with van der Waals surface area (Å²) in [6.07, 6.45) is 2.40. The van der Waals surface area contributed by atoms with E-state index in [0.717, 1.165) is 11.4 Å². The van der Waals surface area contributed by atoms with Crippen molar-refractivity contribution in [3.63, 3.8) is 0 Å². The van der Waals surface area contributed by atoms with Crippen molar-refractivity contribution in [1.29, 1.82) is 0 Å². The van der Waals surface area contributed by atoms with Gasteiger partial charge in [-0.15, -0.1) is 0 Å². The molecule has 0 unspecified atom stereocenters. The van der Waals surface area contributed by atoms with E-state index >= 15 is 0 Å². The molecule has 4 aromatic carbocycles. The van der Waals surface area contributed by atoms with E-state index in [2.05, 4.69) is 184 Å². The molecule has 0 aliphatic heterocycles. The first kappa shape index (κ1) is 45.7. The van der Waals surface area contributed by atoms with Gasteiger partial charge < -0.3 is 4.90 Å². The average Bonchev–Trinajstić information content (AvgIpc) is 3.01. The van der Waals surface area contributed by atoms with Crippen molar-refractivity contribution in [2.45, 2.75) is 99.7 Å². The Balaban J connectivity index is 0.000000388. The van der Waals surface area contributed by atoms with Crippen molar-refractivity contribution in [1.82, 2.24) is 4.90 Å². The Morgan fingerprint density at radius 1 is 0.549 bits per heavy atom. The maximum absolute atomic E-state index is 10.7. The second-order valence-electron chi connectivity index (χ2n) is 17.7. The molecule has 0 spiro atoms. The van der Waals surface area contributed by atoms with Gasteiger partial charge in [0, 0.05) is 31.2 Å². The molecule has 0 atom stereocenters. The molecule has 0 saturated heterocycles. The molecule has 0 heterocycles. The van der Waals surface area contributed by atoms with Gasteiger partial charge in [0.2, 0.25) is 0 Å². The predicted octanol–water partition coefficient (Wildman–Crippen LogP) is 12.1. The molecule has 51 heavy (non-hydrogen) atoms. The number of rotatable bonds is 4. The highest BCUT2D eigenvalue weighted by molar-refractivity contribution is 7.92. The summed E-state index contributed by atoms with van der Waals surface area (Å²) in [5.41, 5.74) is 5.83. The van der Waals surface area contributed by atoms with Crippen molar-refractivity contribution >= 4 is 27.0 Å². The van der Waals surface area contributed by atoms with Gasteiger partial charge in [-0.2, -0.15) is 0 Å². The lowest BCUT2D eigenvalue weighted by Crippen LogP contribution is -2.42. The van der Waals surface area contributed by atoms with Crippen LogP contribution in [0.15, 0.2) is 121 Å². The molecular weight excluding hydrogens is 663 g/mol. The van der Waals surface area contributed by atoms with Crippen molar-refractivity contribution in [3.8, 4) is 0 Å². The molecule has 5 heteroatoms. The molecule has 4 aromatic rings. The quantitative estimate of drug-likeness (QED) is 0.155. The van der Waals surface area contributed by atoms with Gasteiger partial charge in [0.25, 0.3) is 0 Å². The summed E-state index contributed by atoms with van der Waals surface area (Å²) in [5, 5.41) is 0. The number of nitrogens with zero attached hydrogens (tertiary/aromatic N) is 1. The molecule has 0 N–H and O–H groups in total. The first-order valence-electron chi connectivity index (χ1n) is 17.9. The topological polar surface area (TPSA) is 37.4 Å². The van der Waals surface area contributed by atoms with Gasteiger partial charge in [-0.05, 0) is 60.3 Å². The van der Waals surface area contributed by atoms with E-state index in [1.807, 2.05) is 19.0 Å². The van der Waals surface area contributed by atoms with E-state index in [-0.39, 0.29) is 16.2 Å². The van der Waals surface area contributed by atoms with E-state index in [1.54, 1.807) is 20.8 Å². The Labute approximate surface area is 318 Å². The summed E-state index contributed by atoms with van der Waals surface area (Å²) in [7, 11) is 1.12. The maximum Gasteiger partial charge on any atom is 0.152 e. The normalized spacial score (nSPS) is 12.1. The van der Waals surface area contributed by atoms with Gasteiger partial charge in [-0.3, -0.25) is 0 Å². The number of hydrogen-bond acceptors (Lipinski definition) is 3. The van der Waals surface area contributed by atoms with Crippen LogP contribution in [0.25, 0.3) is 0 Å². The lowest BCUT2D eigenvalue weighted by Gasteiger charge is -2.46. The van der Waals surface area contributed by atoms with E-state index in [0.29, 0.717) is 5.41 Å². The molecule has 0 fully saturated rings. The Bertz CT molecular complexity index is 1570. The lowest BCUT2D eigenvalue weighted by molar-refractivity contribution is 0.272. The predicted molar refractivity (Wildman–Crippen MR) is 229 cm³/mol. The zero-order chi connectivity index (χ0) is 39.3. The summed E-state index contributed by atoms with van der Waals surface area (Å²) in [6, 6.07) is 43.3. The van der Waals surface area contributed by atoms with Crippen molar-refractivity contribution in [2.75, 3.05) is 20.4 Å². The third-order valence-corrected chi connectivity index (χ3v) is 11.7. The molecule has 3 nitrogen and oxygen atoms in total. The minimum absolute atomic E-state index is 0.0249. The van der Waals surface area contributed by atoms with Crippen LogP contribution in [0.1, 0.15) is 105 Å². The second-order valence-corrected chi connectivity index (χ2v) is 20.8. The van der Waals surface area contributed by atoms with Crippen LogP contribution in [0.3, 0.4) is 0 Å². The summed E-state index contributed by atoms with van der Waals surface area (Å²) < 4.78 is 20.7. The second kappa shape index (κ2) is 19.0. The molecule has 0 aromatic heterocycles. The van der Waals surface area contributed by atoms with Crippen LogP contribution in [0.5, 0.6) is 0 Å². The zero-order valence-electron chi connectivity index (χ0n) is 34.3. The fourth-order valence-corrected chi connectivity index (χ4v) is 5.74. The molecule has 0 amide bonds. The molecule has 0 saturated carbocycles. The highest BCUT2D eigenvalue weighted by atomic mass is 32.2. The fraction of sp³-hybridized carbons (Fsp3) is 0.457. The highest BCUT2D eigenvalue weighted by Crippen LogP contribution is 2.51. The smallest absolute Gasteiger partial charge is 0.152 e. The maximum atomic E-state index is 10.7. The van der Waals surface area contributed by atoms with Crippen LogP contribution < -0.4 is 0 Å².